The van der Waals surface area contributed by atoms with Gasteiger partial charge in [-0.1, -0.05) is 0 Å². The molecule has 1 atom stereocenters. The number of piperidine rings is 1. The molecule has 1 aliphatic rings. The van der Waals surface area contributed by atoms with E-state index >= 15 is 0 Å². The largest absolute Gasteiger partial charge is 0.452 e. The number of hydrogen-bond donors (Lipinski definition) is 1. The Bertz CT molecular complexity index is 236. The zero-order valence-corrected chi connectivity index (χ0v) is 6.62. The van der Waals surface area contributed by atoms with E-state index in [1.54, 1.807) is 0 Å². The first kappa shape index (κ1) is 8.70. The summed E-state index contributed by atoms with van der Waals surface area (Å²) in [4.78, 5) is 32.0. The summed E-state index contributed by atoms with van der Waals surface area (Å²) in [5.74, 6) is -1.35. The Morgan fingerprint density at radius 2 is 2.25 bits per heavy atom. The molecule has 5 heteroatoms. The highest BCUT2D eigenvalue weighted by Gasteiger charge is 2.28. The molecule has 0 aromatic carbocycles. The summed E-state index contributed by atoms with van der Waals surface area (Å²) >= 11 is 0. The van der Waals surface area contributed by atoms with Crippen LogP contribution in [0.3, 0.4) is 0 Å². The zero-order valence-electron chi connectivity index (χ0n) is 6.62. The summed E-state index contributed by atoms with van der Waals surface area (Å²) < 4.78 is 4.65. The molecule has 5 nitrogen and oxygen atoms in total. The van der Waals surface area contributed by atoms with E-state index in [-0.39, 0.29) is 18.7 Å². The molecule has 1 unspecified atom stereocenters. The normalized spacial score (nSPS) is 23.2. The number of carbonyl (C=O) groups is 3. The monoisotopic (exact) mass is 171 g/mol. The molecular formula is C7H9NO4. The van der Waals surface area contributed by atoms with E-state index < -0.39 is 18.0 Å². The van der Waals surface area contributed by atoms with Gasteiger partial charge in [-0.15, -0.1) is 0 Å². The predicted octanol–water partition coefficient (Wildman–Crippen LogP) is -0.645. The predicted molar refractivity (Wildman–Crippen MR) is 37.9 cm³/mol. The first-order valence-electron chi connectivity index (χ1n) is 3.60. The summed E-state index contributed by atoms with van der Waals surface area (Å²) in [7, 11) is 0. The molecule has 1 N–H and O–H groups in total. The van der Waals surface area contributed by atoms with Crippen molar-refractivity contribution in [3.8, 4) is 0 Å². The van der Waals surface area contributed by atoms with Gasteiger partial charge in [-0.3, -0.25) is 19.7 Å². The topological polar surface area (TPSA) is 72.5 Å². The van der Waals surface area contributed by atoms with Crippen molar-refractivity contribution in [2.75, 3.05) is 0 Å². The molecule has 2 amide bonds. The van der Waals surface area contributed by atoms with Gasteiger partial charge in [0.05, 0.1) is 0 Å². The summed E-state index contributed by atoms with van der Waals surface area (Å²) in [6.07, 6.45) is -0.284. The van der Waals surface area contributed by atoms with Crippen molar-refractivity contribution in [1.82, 2.24) is 5.32 Å². The van der Waals surface area contributed by atoms with Crippen molar-refractivity contribution in [2.45, 2.75) is 25.9 Å². The molecule has 66 valence electrons. The average molecular weight is 171 g/mol. The molecule has 12 heavy (non-hydrogen) atoms. The van der Waals surface area contributed by atoms with Crippen LogP contribution in [0.4, 0.5) is 0 Å². The Labute approximate surface area is 69.1 Å². The van der Waals surface area contributed by atoms with Gasteiger partial charge in [0.25, 0.3) is 5.91 Å². The van der Waals surface area contributed by atoms with Crippen LogP contribution in [0.1, 0.15) is 19.8 Å². The number of ether oxygens (including phenoxy) is 1. The molecule has 0 aromatic rings. The van der Waals surface area contributed by atoms with Crippen LogP contribution < -0.4 is 5.32 Å². The second kappa shape index (κ2) is 3.34. The third kappa shape index (κ3) is 2.05. The molecule has 0 spiro atoms. The Morgan fingerprint density at radius 1 is 1.58 bits per heavy atom. The van der Waals surface area contributed by atoms with Crippen LogP contribution in [0.5, 0.6) is 0 Å². The zero-order chi connectivity index (χ0) is 9.14. The molecule has 0 bridgehead atoms. The fourth-order valence-electron chi connectivity index (χ4n) is 0.986. The molecule has 0 aromatic heterocycles. The van der Waals surface area contributed by atoms with Crippen molar-refractivity contribution in [2.24, 2.45) is 0 Å². The molecule has 1 rings (SSSR count). The van der Waals surface area contributed by atoms with Crippen LogP contribution in [-0.2, 0) is 19.1 Å². The first-order valence-corrected chi connectivity index (χ1v) is 3.60. The Balaban J connectivity index is 2.51. The molecule has 1 saturated heterocycles. The minimum atomic E-state index is -0.791. The molecule has 0 saturated carbocycles. The van der Waals surface area contributed by atoms with Crippen LogP contribution in [0.15, 0.2) is 0 Å². The molecule has 1 aliphatic heterocycles. The lowest BCUT2D eigenvalue weighted by Crippen LogP contribution is -2.45. The van der Waals surface area contributed by atoms with Crippen molar-refractivity contribution in [3.63, 3.8) is 0 Å². The highest BCUT2D eigenvalue weighted by atomic mass is 16.5. The van der Waals surface area contributed by atoms with Crippen molar-refractivity contribution in [1.29, 1.82) is 0 Å². The summed E-state index contributed by atoms with van der Waals surface area (Å²) in [6, 6.07) is 0. The van der Waals surface area contributed by atoms with E-state index in [9.17, 15) is 14.4 Å². The Hall–Kier alpha value is -1.39. The smallest absolute Gasteiger partial charge is 0.303 e. The van der Waals surface area contributed by atoms with Crippen molar-refractivity contribution in [3.05, 3.63) is 0 Å². The number of hydrogen-bond acceptors (Lipinski definition) is 4. The number of carbonyl (C=O) groups excluding carboxylic acids is 3. The van der Waals surface area contributed by atoms with Crippen LogP contribution >= 0.6 is 0 Å². The number of rotatable bonds is 1. The van der Waals surface area contributed by atoms with Gasteiger partial charge in [0, 0.05) is 19.8 Å². The molecule has 0 aliphatic carbocycles. The van der Waals surface area contributed by atoms with Crippen LogP contribution in [0.2, 0.25) is 0 Å². The lowest BCUT2D eigenvalue weighted by molar-refractivity contribution is -0.158. The van der Waals surface area contributed by atoms with E-state index in [1.165, 1.54) is 6.92 Å². The van der Waals surface area contributed by atoms with Crippen LogP contribution in [-0.4, -0.2) is 23.9 Å². The fraction of sp³-hybridized carbons (Fsp3) is 0.571. The van der Waals surface area contributed by atoms with E-state index in [4.69, 9.17) is 0 Å². The minimum Gasteiger partial charge on any atom is -0.452 e. The lowest BCUT2D eigenvalue weighted by atomic mass is 10.1. The fourth-order valence-corrected chi connectivity index (χ4v) is 0.986. The Kier molecular flexibility index (Phi) is 2.42. The number of imide groups is 1. The number of nitrogens with one attached hydrogen (secondary N) is 1. The highest BCUT2D eigenvalue weighted by Crippen LogP contribution is 2.08. The van der Waals surface area contributed by atoms with E-state index in [0.29, 0.717) is 0 Å². The minimum absolute atomic E-state index is 0.226. The van der Waals surface area contributed by atoms with Crippen LogP contribution in [0.25, 0.3) is 0 Å². The van der Waals surface area contributed by atoms with Gasteiger partial charge in [-0.05, 0) is 0 Å². The van der Waals surface area contributed by atoms with Gasteiger partial charge in [0.2, 0.25) is 5.91 Å². The van der Waals surface area contributed by atoms with Gasteiger partial charge in [-0.2, -0.15) is 0 Å². The highest BCUT2D eigenvalue weighted by molar-refractivity contribution is 6.00. The Morgan fingerprint density at radius 3 is 2.75 bits per heavy atom. The van der Waals surface area contributed by atoms with E-state index in [1.807, 2.05) is 0 Å². The lowest BCUT2D eigenvalue weighted by Gasteiger charge is -2.19. The maximum Gasteiger partial charge on any atom is 0.303 e. The maximum atomic E-state index is 10.9. The third-order valence-electron chi connectivity index (χ3n) is 1.50. The second-order valence-electron chi connectivity index (χ2n) is 2.55. The molecular weight excluding hydrogens is 162 g/mol. The molecule has 1 fully saturated rings. The maximum absolute atomic E-state index is 10.9. The van der Waals surface area contributed by atoms with Gasteiger partial charge in [0.15, 0.2) is 6.10 Å². The molecule has 0 radical (unpaired) electrons. The van der Waals surface area contributed by atoms with E-state index in [0.717, 1.165) is 0 Å². The van der Waals surface area contributed by atoms with Crippen molar-refractivity contribution >= 4 is 17.8 Å². The molecule has 1 heterocycles. The van der Waals surface area contributed by atoms with Crippen molar-refractivity contribution < 1.29 is 19.1 Å². The van der Waals surface area contributed by atoms with Crippen LogP contribution in [0, 0.1) is 0 Å². The number of esters is 1. The quantitative estimate of drug-likeness (QED) is 0.420. The number of amides is 2. The standard InChI is InChI=1S/C7H9NO4/c1-4(9)12-5-2-3-6(10)8-7(5)11/h5H,2-3H2,1H3,(H,8,10,11). The third-order valence-corrected chi connectivity index (χ3v) is 1.50. The van der Waals surface area contributed by atoms with Gasteiger partial charge in [0.1, 0.15) is 0 Å². The first-order chi connectivity index (χ1) is 5.59. The van der Waals surface area contributed by atoms with Gasteiger partial charge < -0.3 is 4.74 Å². The second-order valence-corrected chi connectivity index (χ2v) is 2.55. The summed E-state index contributed by atoms with van der Waals surface area (Å²) in [6.45, 7) is 1.23. The average Bonchev–Trinajstić information content (AvgIpc) is 1.94. The van der Waals surface area contributed by atoms with E-state index in [2.05, 4.69) is 10.1 Å². The summed E-state index contributed by atoms with van der Waals surface area (Å²) in [5, 5.41) is 2.08. The SMILES string of the molecule is CC(=O)OC1CCC(=O)NC1=O. The summed E-state index contributed by atoms with van der Waals surface area (Å²) in [5.41, 5.74) is 0. The van der Waals surface area contributed by atoms with Gasteiger partial charge >= 0.3 is 5.97 Å². The van der Waals surface area contributed by atoms with Gasteiger partial charge in [-0.25, -0.2) is 0 Å².